The Morgan fingerprint density at radius 3 is 1.96 bits per heavy atom. The fraction of sp³-hybridized carbons (Fsp3) is 0.400. The van der Waals surface area contributed by atoms with Crippen molar-refractivity contribution in [2.45, 2.75) is 26.3 Å². The lowest BCUT2D eigenvalue weighted by molar-refractivity contribution is -0.274. The van der Waals surface area contributed by atoms with Crippen LogP contribution in [0.1, 0.15) is 28.3 Å². The van der Waals surface area contributed by atoms with Crippen molar-refractivity contribution < 1.29 is 17.9 Å². The first-order valence-corrected chi connectivity index (χ1v) is 8.72. The summed E-state index contributed by atoms with van der Waals surface area (Å²) in [5.41, 5.74) is 4.56. The Morgan fingerprint density at radius 1 is 0.929 bits per heavy atom. The molecular formula is C20H25Cl2F3N2O. The van der Waals surface area contributed by atoms with Crippen LogP contribution in [0.5, 0.6) is 5.75 Å². The maximum atomic E-state index is 12.4. The van der Waals surface area contributed by atoms with Gasteiger partial charge in [-0.05, 0) is 48.2 Å². The van der Waals surface area contributed by atoms with Gasteiger partial charge in [-0.25, -0.2) is 0 Å². The molecule has 1 N–H and O–H groups in total. The van der Waals surface area contributed by atoms with Gasteiger partial charge in [-0.15, -0.1) is 38.0 Å². The molecule has 1 aliphatic heterocycles. The molecule has 28 heavy (non-hydrogen) atoms. The van der Waals surface area contributed by atoms with E-state index in [0.29, 0.717) is 0 Å². The van der Waals surface area contributed by atoms with Crippen LogP contribution in [0.3, 0.4) is 0 Å². The number of alkyl halides is 3. The van der Waals surface area contributed by atoms with Crippen molar-refractivity contribution in [3.05, 3.63) is 64.7 Å². The maximum absolute atomic E-state index is 12.4. The van der Waals surface area contributed by atoms with Crippen LogP contribution in [0.2, 0.25) is 0 Å². The molecule has 3 nitrogen and oxygen atoms in total. The van der Waals surface area contributed by atoms with E-state index < -0.39 is 6.36 Å². The van der Waals surface area contributed by atoms with Gasteiger partial charge in [-0.1, -0.05) is 30.3 Å². The summed E-state index contributed by atoms with van der Waals surface area (Å²) >= 11 is 0. The number of rotatable bonds is 4. The Morgan fingerprint density at radius 2 is 1.46 bits per heavy atom. The largest absolute Gasteiger partial charge is 0.573 e. The molecule has 156 valence electrons. The summed E-state index contributed by atoms with van der Waals surface area (Å²) < 4.78 is 41.3. The molecule has 1 saturated heterocycles. The molecule has 0 aliphatic carbocycles. The highest BCUT2D eigenvalue weighted by Gasteiger charge is 2.31. The smallest absolute Gasteiger partial charge is 0.406 e. The lowest BCUT2D eigenvalue weighted by Gasteiger charge is -2.37. The Balaban J connectivity index is 0.00000196. The lowest BCUT2D eigenvalue weighted by Crippen LogP contribution is -2.45. The van der Waals surface area contributed by atoms with E-state index in [2.05, 4.69) is 40.9 Å². The molecule has 0 aromatic heterocycles. The van der Waals surface area contributed by atoms with Crippen LogP contribution >= 0.6 is 24.8 Å². The van der Waals surface area contributed by atoms with Gasteiger partial charge in [0, 0.05) is 26.2 Å². The summed E-state index contributed by atoms with van der Waals surface area (Å²) in [5.74, 6) is -0.193. The molecule has 2 aromatic rings. The number of benzene rings is 2. The van der Waals surface area contributed by atoms with Gasteiger partial charge < -0.3 is 10.1 Å². The van der Waals surface area contributed by atoms with Crippen LogP contribution in [-0.2, 0) is 0 Å². The zero-order chi connectivity index (χ0) is 18.7. The molecule has 0 saturated carbocycles. The molecule has 3 rings (SSSR count). The van der Waals surface area contributed by atoms with E-state index in [-0.39, 0.29) is 36.6 Å². The number of nitrogens with one attached hydrogen (secondary N) is 1. The molecule has 0 amide bonds. The van der Waals surface area contributed by atoms with Crippen molar-refractivity contribution in [1.29, 1.82) is 0 Å². The third kappa shape index (κ3) is 6.01. The van der Waals surface area contributed by atoms with Crippen LogP contribution in [0, 0.1) is 13.8 Å². The Bertz CT molecular complexity index is 728. The molecule has 1 fully saturated rings. The predicted octanol–water partition coefficient (Wildman–Crippen LogP) is 5.04. The second-order valence-corrected chi connectivity index (χ2v) is 6.61. The number of piperazine rings is 1. The number of ether oxygens (including phenoxy) is 1. The van der Waals surface area contributed by atoms with E-state index in [0.717, 1.165) is 31.7 Å². The van der Waals surface area contributed by atoms with E-state index in [4.69, 9.17) is 0 Å². The molecule has 1 atom stereocenters. The van der Waals surface area contributed by atoms with Crippen LogP contribution in [0.4, 0.5) is 13.2 Å². The summed E-state index contributed by atoms with van der Waals surface area (Å²) in [4.78, 5) is 2.38. The second-order valence-electron chi connectivity index (χ2n) is 6.61. The summed E-state index contributed by atoms with van der Waals surface area (Å²) in [6.45, 7) is 7.74. The third-order valence-corrected chi connectivity index (χ3v) is 4.76. The van der Waals surface area contributed by atoms with Gasteiger partial charge in [0.25, 0.3) is 0 Å². The number of nitrogens with zero attached hydrogens (tertiary/aromatic N) is 1. The zero-order valence-electron chi connectivity index (χ0n) is 15.8. The number of aryl methyl sites for hydroxylation is 2. The number of halogens is 5. The van der Waals surface area contributed by atoms with E-state index in [9.17, 15) is 13.2 Å². The zero-order valence-corrected chi connectivity index (χ0v) is 17.4. The van der Waals surface area contributed by atoms with Crippen LogP contribution in [0.25, 0.3) is 0 Å². The highest BCUT2D eigenvalue weighted by molar-refractivity contribution is 5.85. The van der Waals surface area contributed by atoms with Crippen molar-refractivity contribution >= 4 is 24.8 Å². The van der Waals surface area contributed by atoms with Gasteiger partial charge in [-0.3, -0.25) is 4.90 Å². The normalized spacial score (nSPS) is 15.9. The molecule has 2 aromatic carbocycles. The average molecular weight is 437 g/mol. The van der Waals surface area contributed by atoms with Gasteiger partial charge in [0.1, 0.15) is 5.75 Å². The molecule has 1 aliphatic rings. The minimum Gasteiger partial charge on any atom is -0.406 e. The highest BCUT2D eigenvalue weighted by Crippen LogP contribution is 2.34. The molecule has 0 unspecified atom stereocenters. The van der Waals surface area contributed by atoms with Crippen LogP contribution < -0.4 is 10.1 Å². The quantitative estimate of drug-likeness (QED) is 0.726. The molecule has 0 spiro atoms. The fourth-order valence-electron chi connectivity index (χ4n) is 3.61. The van der Waals surface area contributed by atoms with Crippen LogP contribution in [-0.4, -0.2) is 37.4 Å². The molecule has 8 heteroatoms. The minimum atomic E-state index is -4.67. The van der Waals surface area contributed by atoms with Gasteiger partial charge in [0.15, 0.2) is 0 Å². The topological polar surface area (TPSA) is 24.5 Å². The Kier molecular flexibility index (Phi) is 9.08. The van der Waals surface area contributed by atoms with E-state index in [1.54, 1.807) is 12.1 Å². The summed E-state index contributed by atoms with van der Waals surface area (Å²) in [6.07, 6.45) is -4.67. The molecular weight excluding hydrogens is 412 g/mol. The maximum Gasteiger partial charge on any atom is 0.573 e. The van der Waals surface area contributed by atoms with Crippen molar-refractivity contribution in [3.8, 4) is 5.75 Å². The Hall–Kier alpha value is -1.47. The third-order valence-electron chi connectivity index (χ3n) is 4.76. The van der Waals surface area contributed by atoms with E-state index >= 15 is 0 Å². The fourth-order valence-corrected chi connectivity index (χ4v) is 3.61. The van der Waals surface area contributed by atoms with E-state index in [1.165, 1.54) is 28.8 Å². The Labute approximate surface area is 176 Å². The average Bonchev–Trinajstić information content (AvgIpc) is 2.59. The van der Waals surface area contributed by atoms with Gasteiger partial charge in [0.2, 0.25) is 0 Å². The summed E-state index contributed by atoms with van der Waals surface area (Å²) in [7, 11) is 0. The summed E-state index contributed by atoms with van der Waals surface area (Å²) in [5, 5.41) is 3.35. The number of hydrogen-bond donors (Lipinski definition) is 1. The lowest BCUT2D eigenvalue weighted by atomic mass is 9.89. The molecule has 0 bridgehead atoms. The number of hydrogen-bond acceptors (Lipinski definition) is 3. The summed E-state index contributed by atoms with van der Waals surface area (Å²) in [6, 6.07) is 12.5. The first-order valence-electron chi connectivity index (χ1n) is 8.72. The molecule has 1 heterocycles. The van der Waals surface area contributed by atoms with Crippen molar-refractivity contribution in [1.82, 2.24) is 10.2 Å². The van der Waals surface area contributed by atoms with Gasteiger partial charge in [0.05, 0.1) is 6.04 Å². The molecule has 0 radical (unpaired) electrons. The van der Waals surface area contributed by atoms with Crippen molar-refractivity contribution in [2.24, 2.45) is 0 Å². The SMILES string of the molecule is Cc1cccc(C)c1[C@H](c1ccc(OC(F)(F)F)cc1)N1CCNCC1.Cl.Cl. The predicted molar refractivity (Wildman–Crippen MR) is 110 cm³/mol. The second kappa shape index (κ2) is 10.3. The van der Waals surface area contributed by atoms with Crippen molar-refractivity contribution in [2.75, 3.05) is 26.2 Å². The monoisotopic (exact) mass is 436 g/mol. The van der Waals surface area contributed by atoms with E-state index in [1.807, 2.05) is 6.07 Å². The van der Waals surface area contributed by atoms with Gasteiger partial charge in [-0.2, -0.15) is 0 Å². The van der Waals surface area contributed by atoms with Crippen LogP contribution in [0.15, 0.2) is 42.5 Å². The first kappa shape index (κ1) is 24.6. The first-order chi connectivity index (χ1) is 12.3. The highest BCUT2D eigenvalue weighted by atomic mass is 35.5. The minimum absolute atomic E-state index is 0. The van der Waals surface area contributed by atoms with Gasteiger partial charge >= 0.3 is 6.36 Å². The van der Waals surface area contributed by atoms with Crippen molar-refractivity contribution in [3.63, 3.8) is 0 Å². The standard InChI is InChI=1S/C20H23F3N2O.2ClH/c1-14-4-3-5-15(2)18(14)19(25-12-10-24-11-13-25)16-6-8-17(9-7-16)26-20(21,22)23;;/h3-9,19,24H,10-13H2,1-2H3;2*1H/t19-;;/m0../s1.